The molecule has 0 bridgehead atoms. The van der Waals surface area contributed by atoms with Crippen LogP contribution in [0.25, 0.3) is 0 Å². The van der Waals surface area contributed by atoms with E-state index in [1.807, 2.05) is 0 Å². The second-order valence-corrected chi connectivity index (χ2v) is 3.75. The number of nitrogen functional groups attached to an aromatic ring is 1. The monoisotopic (exact) mass is 198 g/mol. The van der Waals surface area contributed by atoms with Gasteiger partial charge < -0.3 is 11.1 Å². The van der Waals surface area contributed by atoms with Crippen LogP contribution in [-0.4, -0.2) is 16.0 Å². The Bertz CT molecular complexity index is 328. The molecule has 1 aromatic rings. The van der Waals surface area contributed by atoms with Gasteiger partial charge in [0.1, 0.15) is 12.0 Å². The predicted molar refractivity (Wildman–Crippen MR) is 52.6 cm³/mol. The minimum Gasteiger partial charge on any atom is -0.393 e. The zero-order valence-corrected chi connectivity index (χ0v) is 8.04. The molecule has 5 heteroatoms. The van der Waals surface area contributed by atoms with E-state index in [2.05, 4.69) is 22.2 Å². The van der Waals surface area contributed by atoms with Crippen molar-refractivity contribution in [2.75, 3.05) is 11.1 Å². The predicted octanol–water partition coefficient (Wildman–Crippen LogP) is 1.53. The molecule has 0 radical (unpaired) electrons. The Morgan fingerprint density at radius 1 is 1.62 bits per heavy atom. The summed E-state index contributed by atoms with van der Waals surface area (Å²) >= 11 is 5.74. The van der Waals surface area contributed by atoms with Gasteiger partial charge in [0.25, 0.3) is 0 Å². The maximum atomic E-state index is 5.74. The normalized spacial score (nSPS) is 25.7. The first kappa shape index (κ1) is 8.56. The Labute approximate surface area is 81.5 Å². The minimum absolute atomic E-state index is 0.311. The fourth-order valence-electron chi connectivity index (χ4n) is 1.19. The highest BCUT2D eigenvalue weighted by molar-refractivity contribution is 6.32. The molecule has 1 aliphatic carbocycles. The number of hydrogen-bond donors (Lipinski definition) is 2. The van der Waals surface area contributed by atoms with E-state index in [-0.39, 0.29) is 0 Å². The highest BCUT2D eigenvalue weighted by Gasteiger charge is 2.33. The lowest BCUT2D eigenvalue weighted by atomic mass is 10.4. The van der Waals surface area contributed by atoms with Gasteiger partial charge in [0.05, 0.1) is 0 Å². The first-order valence-electron chi connectivity index (χ1n) is 4.21. The van der Waals surface area contributed by atoms with Crippen LogP contribution in [0.5, 0.6) is 0 Å². The van der Waals surface area contributed by atoms with Crippen LogP contribution in [0, 0.1) is 5.92 Å². The topological polar surface area (TPSA) is 63.8 Å². The standard InChI is InChI=1S/C8H11ClN4/c1-4-2-5(4)13-8-6(10)7(9)11-3-12-8/h3-5H,2,10H2,1H3,(H,11,12,13). The molecule has 1 saturated carbocycles. The molecule has 0 spiro atoms. The Morgan fingerprint density at radius 3 is 2.92 bits per heavy atom. The molecular weight excluding hydrogens is 188 g/mol. The van der Waals surface area contributed by atoms with Crippen molar-refractivity contribution in [1.29, 1.82) is 0 Å². The number of nitrogens with two attached hydrogens (primary N) is 1. The Morgan fingerprint density at radius 2 is 2.31 bits per heavy atom. The highest BCUT2D eigenvalue weighted by atomic mass is 35.5. The summed E-state index contributed by atoms with van der Waals surface area (Å²) in [6.07, 6.45) is 2.58. The maximum Gasteiger partial charge on any atom is 0.157 e. The summed E-state index contributed by atoms with van der Waals surface area (Å²) in [6.45, 7) is 2.18. The molecule has 4 nitrogen and oxygen atoms in total. The number of rotatable bonds is 2. The van der Waals surface area contributed by atoms with E-state index in [9.17, 15) is 0 Å². The Kier molecular flexibility index (Phi) is 2.00. The van der Waals surface area contributed by atoms with Crippen LogP contribution in [0.15, 0.2) is 6.33 Å². The van der Waals surface area contributed by atoms with E-state index >= 15 is 0 Å². The highest BCUT2D eigenvalue weighted by Crippen LogP contribution is 2.34. The lowest BCUT2D eigenvalue weighted by Gasteiger charge is -2.06. The SMILES string of the molecule is CC1CC1Nc1ncnc(Cl)c1N. The molecule has 70 valence electrons. The van der Waals surface area contributed by atoms with Crippen molar-refractivity contribution in [3.05, 3.63) is 11.5 Å². The van der Waals surface area contributed by atoms with Gasteiger partial charge in [-0.25, -0.2) is 9.97 Å². The maximum absolute atomic E-state index is 5.74. The van der Waals surface area contributed by atoms with Gasteiger partial charge in [-0.3, -0.25) is 0 Å². The van der Waals surface area contributed by atoms with Crippen LogP contribution in [0.4, 0.5) is 11.5 Å². The number of aromatic nitrogens is 2. The molecule has 1 fully saturated rings. The number of hydrogen-bond acceptors (Lipinski definition) is 4. The van der Waals surface area contributed by atoms with Crippen LogP contribution >= 0.6 is 11.6 Å². The third-order valence-electron chi connectivity index (χ3n) is 2.27. The van der Waals surface area contributed by atoms with Crippen molar-refractivity contribution >= 4 is 23.1 Å². The first-order valence-corrected chi connectivity index (χ1v) is 4.59. The third-order valence-corrected chi connectivity index (χ3v) is 2.57. The molecule has 0 saturated heterocycles. The molecular formula is C8H11ClN4. The molecule has 0 aliphatic heterocycles. The van der Waals surface area contributed by atoms with Crippen LogP contribution in [-0.2, 0) is 0 Å². The summed E-state index contributed by atoms with van der Waals surface area (Å²) in [6, 6.07) is 0.494. The van der Waals surface area contributed by atoms with Crippen molar-refractivity contribution in [2.24, 2.45) is 5.92 Å². The summed E-state index contributed by atoms with van der Waals surface area (Å²) in [5.74, 6) is 1.35. The summed E-state index contributed by atoms with van der Waals surface area (Å²) in [4.78, 5) is 7.80. The molecule has 2 unspecified atom stereocenters. The van der Waals surface area contributed by atoms with Crippen molar-refractivity contribution < 1.29 is 0 Å². The van der Waals surface area contributed by atoms with Crippen LogP contribution in [0.1, 0.15) is 13.3 Å². The van der Waals surface area contributed by atoms with E-state index in [0.29, 0.717) is 28.6 Å². The zero-order valence-electron chi connectivity index (χ0n) is 7.29. The lowest BCUT2D eigenvalue weighted by Crippen LogP contribution is -2.08. The molecule has 2 atom stereocenters. The fourth-order valence-corrected chi connectivity index (χ4v) is 1.32. The summed E-state index contributed by atoms with van der Waals surface area (Å²) in [5, 5.41) is 3.53. The smallest absolute Gasteiger partial charge is 0.157 e. The van der Waals surface area contributed by atoms with Crippen LogP contribution in [0.2, 0.25) is 5.15 Å². The van der Waals surface area contributed by atoms with Crippen molar-refractivity contribution in [2.45, 2.75) is 19.4 Å². The van der Waals surface area contributed by atoms with Gasteiger partial charge in [-0.15, -0.1) is 0 Å². The van der Waals surface area contributed by atoms with Crippen molar-refractivity contribution in [1.82, 2.24) is 9.97 Å². The first-order chi connectivity index (χ1) is 6.18. The molecule has 3 N–H and O–H groups in total. The number of nitrogens with zero attached hydrogens (tertiary/aromatic N) is 2. The van der Waals surface area contributed by atoms with E-state index in [1.54, 1.807) is 0 Å². The van der Waals surface area contributed by atoms with Gasteiger partial charge in [0.2, 0.25) is 0 Å². The van der Waals surface area contributed by atoms with Gasteiger partial charge in [-0.05, 0) is 12.3 Å². The van der Waals surface area contributed by atoms with E-state index in [4.69, 9.17) is 17.3 Å². The average Bonchev–Trinajstić information content (AvgIpc) is 2.77. The molecule has 0 aromatic carbocycles. The molecule has 1 heterocycles. The Hall–Kier alpha value is -1.03. The van der Waals surface area contributed by atoms with Crippen molar-refractivity contribution in [3.63, 3.8) is 0 Å². The summed E-state index contributed by atoms with van der Waals surface area (Å²) in [5.41, 5.74) is 6.12. The summed E-state index contributed by atoms with van der Waals surface area (Å²) < 4.78 is 0. The van der Waals surface area contributed by atoms with E-state index < -0.39 is 0 Å². The van der Waals surface area contributed by atoms with E-state index in [0.717, 1.165) is 0 Å². The number of halogens is 1. The molecule has 1 aliphatic rings. The van der Waals surface area contributed by atoms with Gasteiger partial charge in [-0.1, -0.05) is 18.5 Å². The van der Waals surface area contributed by atoms with E-state index in [1.165, 1.54) is 12.7 Å². The quantitative estimate of drug-likeness (QED) is 0.708. The number of nitrogens with one attached hydrogen (secondary N) is 1. The molecule has 2 rings (SSSR count). The lowest BCUT2D eigenvalue weighted by molar-refractivity contribution is 0.922. The van der Waals surface area contributed by atoms with Gasteiger partial charge in [0.15, 0.2) is 11.0 Å². The third kappa shape index (κ3) is 1.67. The van der Waals surface area contributed by atoms with Crippen LogP contribution < -0.4 is 11.1 Å². The summed E-state index contributed by atoms with van der Waals surface area (Å²) in [7, 11) is 0. The molecule has 1 aromatic heterocycles. The van der Waals surface area contributed by atoms with Crippen LogP contribution in [0.3, 0.4) is 0 Å². The minimum atomic E-state index is 0.311. The number of anilines is 2. The van der Waals surface area contributed by atoms with Gasteiger partial charge >= 0.3 is 0 Å². The largest absolute Gasteiger partial charge is 0.393 e. The van der Waals surface area contributed by atoms with Gasteiger partial charge in [-0.2, -0.15) is 0 Å². The van der Waals surface area contributed by atoms with Gasteiger partial charge in [0, 0.05) is 6.04 Å². The molecule has 0 amide bonds. The van der Waals surface area contributed by atoms with Crippen molar-refractivity contribution in [3.8, 4) is 0 Å². The average molecular weight is 199 g/mol. The Balaban J connectivity index is 2.15. The molecule has 13 heavy (non-hydrogen) atoms. The fraction of sp³-hybridized carbons (Fsp3) is 0.500. The second kappa shape index (κ2) is 3.03. The second-order valence-electron chi connectivity index (χ2n) is 3.39. The zero-order chi connectivity index (χ0) is 9.42.